The molecule has 1 saturated heterocycles. The van der Waals surface area contributed by atoms with Crippen LogP contribution in [0.5, 0.6) is 0 Å². The van der Waals surface area contributed by atoms with E-state index < -0.39 is 12.1 Å². The van der Waals surface area contributed by atoms with Gasteiger partial charge in [0, 0.05) is 43.1 Å². The molecule has 2 aromatic heterocycles. The molecule has 1 amide bonds. The van der Waals surface area contributed by atoms with Crippen molar-refractivity contribution in [3.63, 3.8) is 0 Å². The number of hydrogen-bond acceptors (Lipinski definition) is 7. The molecule has 0 saturated carbocycles. The van der Waals surface area contributed by atoms with E-state index >= 15 is 0 Å². The van der Waals surface area contributed by atoms with Crippen LogP contribution in [0, 0.1) is 6.92 Å². The third kappa shape index (κ3) is 6.42. The smallest absolute Gasteiger partial charge is 0.475 e. The summed E-state index contributed by atoms with van der Waals surface area (Å²) in [7, 11) is 1.72. The maximum absolute atomic E-state index is 12.7. The topological polar surface area (TPSA) is 130 Å². The van der Waals surface area contributed by atoms with Gasteiger partial charge in [-0.2, -0.15) is 13.2 Å². The molecule has 0 bridgehead atoms. The number of anilines is 2. The summed E-state index contributed by atoms with van der Waals surface area (Å²) in [5.41, 5.74) is 3.54. The van der Waals surface area contributed by atoms with Gasteiger partial charge in [-0.3, -0.25) is 14.2 Å². The van der Waals surface area contributed by atoms with Gasteiger partial charge in [-0.1, -0.05) is 6.07 Å². The standard InChI is InChI=1S/C25H24N6O2.C2HF3O2/c1-16-27-22-10-7-18(15-20(22)24(33)30(16)2)21-11-12-26-25(29-21)28-19-8-5-17(6-9-19)23(32)31-13-3-4-14-31;3-2(4,5)1(6)7/h5-12,15H,3-4,13-14H2,1-2H3,(H,26,28,29);(H,6,7). The van der Waals surface area contributed by atoms with Crippen molar-refractivity contribution in [3.05, 3.63) is 76.5 Å². The van der Waals surface area contributed by atoms with Crippen molar-refractivity contribution in [2.45, 2.75) is 25.9 Å². The van der Waals surface area contributed by atoms with Crippen LogP contribution >= 0.6 is 0 Å². The van der Waals surface area contributed by atoms with E-state index in [0.29, 0.717) is 33.9 Å². The van der Waals surface area contributed by atoms with Crippen molar-refractivity contribution >= 4 is 34.4 Å². The number of aliphatic carboxylic acids is 1. The van der Waals surface area contributed by atoms with E-state index in [4.69, 9.17) is 9.90 Å². The number of carboxylic acids is 1. The summed E-state index contributed by atoms with van der Waals surface area (Å²) in [5.74, 6) is -1.58. The fourth-order valence-electron chi connectivity index (χ4n) is 4.05. The molecule has 40 heavy (non-hydrogen) atoms. The maximum Gasteiger partial charge on any atom is 0.490 e. The quantitative estimate of drug-likeness (QED) is 0.382. The Hall–Kier alpha value is -4.81. The zero-order valence-electron chi connectivity index (χ0n) is 21.6. The predicted molar refractivity (Wildman–Crippen MR) is 141 cm³/mol. The molecule has 1 aliphatic rings. The number of rotatable bonds is 4. The van der Waals surface area contributed by atoms with Gasteiger partial charge in [0.15, 0.2) is 0 Å². The Labute approximate surface area is 226 Å². The van der Waals surface area contributed by atoms with E-state index in [1.54, 1.807) is 19.3 Å². The zero-order chi connectivity index (χ0) is 29.0. The molecule has 5 rings (SSSR count). The second-order valence-corrected chi connectivity index (χ2v) is 9.03. The summed E-state index contributed by atoms with van der Waals surface area (Å²) in [6.45, 7) is 3.47. The fourth-order valence-corrected chi connectivity index (χ4v) is 4.05. The first-order chi connectivity index (χ1) is 18.9. The number of nitrogens with one attached hydrogen (secondary N) is 1. The molecular formula is C27H25F3N6O4. The Morgan fingerprint density at radius 1 is 1.00 bits per heavy atom. The van der Waals surface area contributed by atoms with E-state index in [9.17, 15) is 22.8 Å². The first kappa shape index (κ1) is 28.2. The highest BCUT2D eigenvalue weighted by atomic mass is 19.4. The highest BCUT2D eigenvalue weighted by Crippen LogP contribution is 2.23. The van der Waals surface area contributed by atoms with Gasteiger partial charge < -0.3 is 15.3 Å². The summed E-state index contributed by atoms with van der Waals surface area (Å²) in [5, 5.41) is 10.9. The van der Waals surface area contributed by atoms with Gasteiger partial charge in [-0.15, -0.1) is 0 Å². The molecule has 0 atom stereocenters. The van der Waals surface area contributed by atoms with Crippen LogP contribution in [-0.2, 0) is 11.8 Å². The number of aryl methyl sites for hydroxylation is 1. The molecule has 0 spiro atoms. The third-order valence-corrected chi connectivity index (χ3v) is 6.27. The molecule has 0 unspecified atom stereocenters. The Bertz CT molecular complexity index is 1610. The number of carbonyl (C=O) groups excluding carboxylic acids is 1. The average molecular weight is 555 g/mol. The minimum absolute atomic E-state index is 0.0735. The molecule has 13 heteroatoms. The van der Waals surface area contributed by atoms with E-state index in [0.717, 1.165) is 37.2 Å². The molecule has 2 aromatic carbocycles. The SMILES string of the molecule is Cc1nc2ccc(-c3ccnc(Nc4ccc(C(=O)N5CCCC5)cc4)n3)cc2c(=O)n1C.O=C(O)C(F)(F)F. The van der Waals surface area contributed by atoms with Crippen LogP contribution < -0.4 is 10.9 Å². The summed E-state index contributed by atoms with van der Waals surface area (Å²) in [4.78, 5) is 49.4. The Balaban J connectivity index is 0.000000470. The van der Waals surface area contributed by atoms with Crippen LogP contribution in [0.2, 0.25) is 0 Å². The largest absolute Gasteiger partial charge is 0.490 e. The van der Waals surface area contributed by atoms with Crippen LogP contribution in [0.25, 0.3) is 22.2 Å². The van der Waals surface area contributed by atoms with Crippen LogP contribution in [-0.4, -0.2) is 60.7 Å². The Kier molecular flexibility index (Phi) is 8.12. The van der Waals surface area contributed by atoms with Gasteiger partial charge in [0.25, 0.3) is 11.5 Å². The van der Waals surface area contributed by atoms with Gasteiger partial charge in [0.1, 0.15) is 5.82 Å². The molecular weight excluding hydrogens is 529 g/mol. The van der Waals surface area contributed by atoms with Gasteiger partial charge in [0.2, 0.25) is 5.95 Å². The van der Waals surface area contributed by atoms with E-state index in [-0.39, 0.29) is 11.5 Å². The number of alkyl halides is 3. The lowest BCUT2D eigenvalue weighted by Crippen LogP contribution is -2.27. The molecule has 3 heterocycles. The second kappa shape index (κ2) is 11.5. The minimum Gasteiger partial charge on any atom is -0.475 e. The molecule has 2 N–H and O–H groups in total. The highest BCUT2D eigenvalue weighted by molar-refractivity contribution is 5.94. The van der Waals surface area contributed by atoms with E-state index in [2.05, 4.69) is 20.3 Å². The normalized spacial score (nSPS) is 13.1. The van der Waals surface area contributed by atoms with Crippen molar-refractivity contribution in [2.24, 2.45) is 7.05 Å². The van der Waals surface area contributed by atoms with Crippen molar-refractivity contribution in [2.75, 3.05) is 18.4 Å². The van der Waals surface area contributed by atoms with E-state index in [1.807, 2.05) is 54.3 Å². The van der Waals surface area contributed by atoms with Crippen molar-refractivity contribution in [1.82, 2.24) is 24.4 Å². The Morgan fingerprint density at radius 2 is 1.65 bits per heavy atom. The maximum atomic E-state index is 12.7. The van der Waals surface area contributed by atoms with Crippen LogP contribution in [0.1, 0.15) is 29.0 Å². The predicted octanol–water partition coefficient (Wildman–Crippen LogP) is 4.31. The summed E-state index contributed by atoms with van der Waals surface area (Å²) < 4.78 is 33.3. The number of likely N-dealkylation sites (tertiary alicyclic amines) is 1. The lowest BCUT2D eigenvalue weighted by Gasteiger charge is -2.15. The van der Waals surface area contributed by atoms with Crippen molar-refractivity contribution < 1.29 is 27.9 Å². The van der Waals surface area contributed by atoms with Gasteiger partial charge >= 0.3 is 12.1 Å². The highest BCUT2D eigenvalue weighted by Gasteiger charge is 2.38. The number of fused-ring (bicyclic) bond motifs is 1. The summed E-state index contributed by atoms with van der Waals surface area (Å²) in [6, 6.07) is 14.7. The van der Waals surface area contributed by atoms with Gasteiger partial charge in [0.05, 0.1) is 16.6 Å². The van der Waals surface area contributed by atoms with E-state index in [1.165, 1.54) is 4.57 Å². The molecule has 10 nitrogen and oxygen atoms in total. The number of nitrogens with zero attached hydrogens (tertiary/aromatic N) is 5. The summed E-state index contributed by atoms with van der Waals surface area (Å²) in [6.07, 6.45) is -1.27. The number of hydrogen-bond donors (Lipinski definition) is 2. The number of halogens is 3. The Morgan fingerprint density at radius 3 is 2.27 bits per heavy atom. The number of amides is 1. The fraction of sp³-hybridized carbons (Fsp3) is 0.259. The summed E-state index contributed by atoms with van der Waals surface area (Å²) >= 11 is 0. The molecule has 208 valence electrons. The molecule has 0 radical (unpaired) electrons. The monoisotopic (exact) mass is 554 g/mol. The molecule has 1 aliphatic heterocycles. The van der Waals surface area contributed by atoms with Gasteiger partial charge in [-0.25, -0.2) is 19.7 Å². The van der Waals surface area contributed by atoms with Gasteiger partial charge in [-0.05, 0) is 62.2 Å². The van der Waals surface area contributed by atoms with Crippen LogP contribution in [0.15, 0.2) is 59.5 Å². The number of aromatic nitrogens is 4. The first-order valence-electron chi connectivity index (χ1n) is 12.2. The second-order valence-electron chi connectivity index (χ2n) is 9.03. The van der Waals surface area contributed by atoms with Crippen molar-refractivity contribution in [1.29, 1.82) is 0 Å². The molecule has 0 aliphatic carbocycles. The lowest BCUT2D eigenvalue weighted by molar-refractivity contribution is -0.192. The number of carboxylic acid groups (broad SMARTS) is 1. The number of carbonyl (C=O) groups is 2. The lowest BCUT2D eigenvalue weighted by atomic mass is 10.1. The molecule has 4 aromatic rings. The van der Waals surface area contributed by atoms with Crippen molar-refractivity contribution in [3.8, 4) is 11.3 Å². The van der Waals surface area contributed by atoms with Crippen LogP contribution in [0.4, 0.5) is 24.8 Å². The first-order valence-corrected chi connectivity index (χ1v) is 12.2. The number of benzene rings is 2. The zero-order valence-corrected chi connectivity index (χ0v) is 21.6. The van der Waals surface area contributed by atoms with Crippen LogP contribution in [0.3, 0.4) is 0 Å². The average Bonchev–Trinajstić information content (AvgIpc) is 3.47. The minimum atomic E-state index is -5.08. The molecule has 1 fully saturated rings. The third-order valence-electron chi connectivity index (χ3n) is 6.27.